The SMILES string of the molecule is O=C(NCc1ccnc(OC2CCCCC2)c1)NC1CCC(C(=O)O)CC1. The molecule has 1 heterocycles. The summed E-state index contributed by atoms with van der Waals surface area (Å²) >= 11 is 0. The van der Waals surface area contributed by atoms with E-state index in [1.807, 2.05) is 12.1 Å². The van der Waals surface area contributed by atoms with Crippen LogP contribution in [0.1, 0.15) is 63.4 Å². The summed E-state index contributed by atoms with van der Waals surface area (Å²) in [5, 5.41) is 14.8. The highest BCUT2D eigenvalue weighted by Gasteiger charge is 2.26. The lowest BCUT2D eigenvalue weighted by atomic mass is 9.86. The Morgan fingerprint density at radius 2 is 1.85 bits per heavy atom. The first-order valence-electron chi connectivity index (χ1n) is 9.99. The van der Waals surface area contributed by atoms with Gasteiger partial charge in [-0.25, -0.2) is 9.78 Å². The zero-order valence-corrected chi connectivity index (χ0v) is 15.7. The summed E-state index contributed by atoms with van der Waals surface area (Å²) in [5.41, 5.74) is 0.945. The molecule has 0 unspecified atom stereocenters. The predicted molar refractivity (Wildman–Crippen MR) is 100 cm³/mol. The van der Waals surface area contributed by atoms with Crippen molar-refractivity contribution in [1.82, 2.24) is 15.6 Å². The molecule has 0 saturated heterocycles. The first kappa shape index (κ1) is 19.5. The lowest BCUT2D eigenvalue weighted by molar-refractivity contribution is -0.142. The van der Waals surface area contributed by atoms with Gasteiger partial charge in [0.25, 0.3) is 0 Å². The first-order chi connectivity index (χ1) is 13.1. The van der Waals surface area contributed by atoms with Crippen LogP contribution >= 0.6 is 0 Å². The Balaban J connectivity index is 1.41. The third-order valence-corrected chi connectivity index (χ3v) is 5.50. The number of carbonyl (C=O) groups excluding carboxylic acids is 1. The molecule has 1 aromatic rings. The second-order valence-corrected chi connectivity index (χ2v) is 7.59. The van der Waals surface area contributed by atoms with Gasteiger partial charge in [0, 0.05) is 24.8 Å². The van der Waals surface area contributed by atoms with Gasteiger partial charge in [0.1, 0.15) is 6.10 Å². The number of pyridine rings is 1. The zero-order valence-electron chi connectivity index (χ0n) is 15.7. The molecular formula is C20H29N3O4. The molecular weight excluding hydrogens is 346 g/mol. The number of rotatable bonds is 6. The van der Waals surface area contributed by atoms with Crippen LogP contribution in [0, 0.1) is 5.92 Å². The zero-order chi connectivity index (χ0) is 19.1. The Morgan fingerprint density at radius 1 is 1.11 bits per heavy atom. The Hall–Kier alpha value is -2.31. The average Bonchev–Trinajstić information content (AvgIpc) is 2.68. The number of urea groups is 1. The van der Waals surface area contributed by atoms with E-state index < -0.39 is 5.97 Å². The molecule has 7 nitrogen and oxygen atoms in total. The molecule has 0 atom stereocenters. The normalized spacial score (nSPS) is 23.4. The fourth-order valence-corrected chi connectivity index (χ4v) is 3.88. The molecule has 2 fully saturated rings. The molecule has 1 aromatic heterocycles. The summed E-state index contributed by atoms with van der Waals surface area (Å²) in [7, 11) is 0. The van der Waals surface area contributed by atoms with Crippen molar-refractivity contribution in [3.63, 3.8) is 0 Å². The van der Waals surface area contributed by atoms with Gasteiger partial charge in [-0.3, -0.25) is 4.79 Å². The van der Waals surface area contributed by atoms with Gasteiger partial charge in [-0.2, -0.15) is 0 Å². The maximum Gasteiger partial charge on any atom is 0.315 e. The number of carbonyl (C=O) groups is 2. The largest absolute Gasteiger partial charge is 0.481 e. The highest BCUT2D eigenvalue weighted by Crippen LogP contribution is 2.24. The van der Waals surface area contributed by atoms with E-state index in [1.165, 1.54) is 19.3 Å². The van der Waals surface area contributed by atoms with Crippen LogP contribution in [0.5, 0.6) is 5.88 Å². The van der Waals surface area contributed by atoms with E-state index in [-0.39, 0.29) is 24.1 Å². The highest BCUT2D eigenvalue weighted by atomic mass is 16.5. The van der Waals surface area contributed by atoms with Crippen molar-refractivity contribution in [2.24, 2.45) is 5.92 Å². The van der Waals surface area contributed by atoms with E-state index in [0.717, 1.165) is 18.4 Å². The number of nitrogens with zero attached hydrogens (tertiary/aromatic N) is 1. The summed E-state index contributed by atoms with van der Waals surface area (Å²) in [6, 6.07) is 3.57. The van der Waals surface area contributed by atoms with Crippen LogP contribution in [-0.2, 0) is 11.3 Å². The molecule has 0 bridgehead atoms. The van der Waals surface area contributed by atoms with Crippen LogP contribution in [0.3, 0.4) is 0 Å². The second-order valence-electron chi connectivity index (χ2n) is 7.59. The molecule has 0 aliphatic heterocycles. The third kappa shape index (κ3) is 6.12. The molecule has 0 spiro atoms. The topological polar surface area (TPSA) is 101 Å². The summed E-state index contributed by atoms with van der Waals surface area (Å²) in [6.07, 6.45) is 10.5. The van der Waals surface area contributed by atoms with Gasteiger partial charge in [-0.15, -0.1) is 0 Å². The van der Waals surface area contributed by atoms with Gasteiger partial charge in [-0.05, 0) is 63.0 Å². The average molecular weight is 375 g/mol. The van der Waals surface area contributed by atoms with E-state index in [9.17, 15) is 9.59 Å². The van der Waals surface area contributed by atoms with Crippen molar-refractivity contribution in [3.05, 3.63) is 23.9 Å². The molecule has 7 heteroatoms. The van der Waals surface area contributed by atoms with Crippen molar-refractivity contribution in [2.75, 3.05) is 0 Å². The van der Waals surface area contributed by atoms with Gasteiger partial charge < -0.3 is 20.5 Å². The van der Waals surface area contributed by atoms with Crippen LogP contribution in [0.4, 0.5) is 4.79 Å². The van der Waals surface area contributed by atoms with Gasteiger partial charge in [-0.1, -0.05) is 6.42 Å². The van der Waals surface area contributed by atoms with Gasteiger partial charge in [0.15, 0.2) is 0 Å². The van der Waals surface area contributed by atoms with Gasteiger partial charge >= 0.3 is 12.0 Å². The number of aliphatic carboxylic acids is 1. The number of nitrogens with one attached hydrogen (secondary N) is 2. The van der Waals surface area contributed by atoms with Crippen LogP contribution < -0.4 is 15.4 Å². The van der Waals surface area contributed by atoms with E-state index in [4.69, 9.17) is 9.84 Å². The third-order valence-electron chi connectivity index (χ3n) is 5.50. The molecule has 2 amide bonds. The molecule has 2 aliphatic carbocycles. The number of ether oxygens (including phenoxy) is 1. The molecule has 3 rings (SSSR count). The predicted octanol–water partition coefficient (Wildman–Crippen LogP) is 3.24. The monoisotopic (exact) mass is 375 g/mol. The second kappa shape index (κ2) is 9.58. The van der Waals surface area contributed by atoms with Crippen molar-refractivity contribution >= 4 is 12.0 Å². The molecule has 0 aromatic carbocycles. The number of aromatic nitrogens is 1. The molecule has 148 valence electrons. The van der Waals surface area contributed by atoms with E-state index in [0.29, 0.717) is 38.1 Å². The molecule has 27 heavy (non-hydrogen) atoms. The number of hydrogen-bond donors (Lipinski definition) is 3. The summed E-state index contributed by atoms with van der Waals surface area (Å²) in [4.78, 5) is 27.4. The molecule has 3 N–H and O–H groups in total. The maximum atomic E-state index is 12.1. The minimum absolute atomic E-state index is 0.0447. The van der Waals surface area contributed by atoms with Gasteiger partial charge in [0.2, 0.25) is 5.88 Å². The lowest BCUT2D eigenvalue weighted by Crippen LogP contribution is -2.43. The number of amides is 2. The standard InChI is InChI=1S/C20H29N3O4/c24-19(25)15-6-8-16(9-7-15)23-20(26)22-13-14-10-11-21-18(12-14)27-17-4-2-1-3-5-17/h10-12,15-17H,1-9,13H2,(H,24,25)(H2,22,23,26). The fourth-order valence-electron chi connectivity index (χ4n) is 3.88. The Kier molecular flexibility index (Phi) is 6.90. The fraction of sp³-hybridized carbons (Fsp3) is 0.650. The number of carboxylic acids is 1. The van der Waals surface area contributed by atoms with Crippen molar-refractivity contribution < 1.29 is 19.4 Å². The quantitative estimate of drug-likeness (QED) is 0.709. The smallest absolute Gasteiger partial charge is 0.315 e. The van der Waals surface area contributed by atoms with Crippen LogP contribution in [0.2, 0.25) is 0 Å². The Bertz CT molecular complexity index is 638. The van der Waals surface area contributed by atoms with Gasteiger partial charge in [0.05, 0.1) is 5.92 Å². The molecule has 2 saturated carbocycles. The molecule has 2 aliphatic rings. The molecule has 0 radical (unpaired) electrons. The summed E-state index contributed by atoms with van der Waals surface area (Å²) in [6.45, 7) is 0.403. The summed E-state index contributed by atoms with van der Waals surface area (Å²) in [5.74, 6) is -0.388. The van der Waals surface area contributed by atoms with E-state index in [1.54, 1.807) is 6.20 Å². The summed E-state index contributed by atoms with van der Waals surface area (Å²) < 4.78 is 5.97. The number of carboxylic acid groups (broad SMARTS) is 1. The first-order valence-corrected chi connectivity index (χ1v) is 9.99. The minimum Gasteiger partial charge on any atom is -0.481 e. The van der Waals surface area contributed by atoms with E-state index >= 15 is 0 Å². The van der Waals surface area contributed by atoms with Crippen molar-refractivity contribution in [1.29, 1.82) is 0 Å². The van der Waals surface area contributed by atoms with Crippen molar-refractivity contribution in [2.45, 2.75) is 76.5 Å². The van der Waals surface area contributed by atoms with Crippen LogP contribution in [-0.4, -0.2) is 34.2 Å². The van der Waals surface area contributed by atoms with Crippen molar-refractivity contribution in [3.8, 4) is 5.88 Å². The van der Waals surface area contributed by atoms with E-state index in [2.05, 4.69) is 15.6 Å². The Labute approximate surface area is 159 Å². The maximum absolute atomic E-state index is 12.1. The highest BCUT2D eigenvalue weighted by molar-refractivity contribution is 5.74. The van der Waals surface area contributed by atoms with Crippen LogP contribution in [0.15, 0.2) is 18.3 Å². The number of hydrogen-bond acceptors (Lipinski definition) is 4. The Morgan fingerprint density at radius 3 is 2.56 bits per heavy atom. The minimum atomic E-state index is -0.734. The van der Waals surface area contributed by atoms with Crippen LogP contribution in [0.25, 0.3) is 0 Å². The lowest BCUT2D eigenvalue weighted by Gasteiger charge is -2.26.